The number of aryl methyl sites for hydroxylation is 1. The topological polar surface area (TPSA) is 29.1 Å². The fourth-order valence-corrected chi connectivity index (χ4v) is 1.29. The van der Waals surface area contributed by atoms with Crippen molar-refractivity contribution in [2.75, 3.05) is 0 Å². The first-order valence-corrected chi connectivity index (χ1v) is 5.27. The minimum Gasteiger partial charge on any atom is -0.272 e. The molecule has 1 N–H and O–H groups in total. The maximum Gasteiger partial charge on any atom is 0.250 e. The molecular weight excluding hydrogens is 245 g/mol. The minimum atomic E-state index is -0.575. The van der Waals surface area contributed by atoms with Gasteiger partial charge in [0, 0.05) is 43.7 Å². The first kappa shape index (κ1) is 16.6. The standard InChI is InChI=1S/C13H16FNO.Ar/c1-10-6-8-12(9-7-10)5-3-4-11(2)13(16)15-14;/h3,5-9,11H,4H2,1-2H3,(H,15,16);/b5-3+;/t11-;/m0./s1. The molecule has 0 saturated carbocycles. The number of benzene rings is 1. The number of rotatable bonds is 4. The molecular formula is C13H16ArFNO. The molecule has 2 nitrogen and oxygen atoms in total. The van der Waals surface area contributed by atoms with Gasteiger partial charge >= 0.3 is 0 Å². The summed E-state index contributed by atoms with van der Waals surface area (Å²) in [5.41, 5.74) is 3.44. The van der Waals surface area contributed by atoms with E-state index in [1.165, 1.54) is 5.56 Å². The molecule has 94 valence electrons. The molecule has 1 aromatic carbocycles. The molecule has 0 saturated heterocycles. The fourth-order valence-electron chi connectivity index (χ4n) is 1.29. The van der Waals surface area contributed by atoms with Gasteiger partial charge in [-0.25, -0.2) is 0 Å². The van der Waals surface area contributed by atoms with Crippen LogP contribution in [0.5, 0.6) is 0 Å². The van der Waals surface area contributed by atoms with E-state index < -0.39 is 5.91 Å². The molecule has 0 heterocycles. The Bertz CT molecular complexity index is 376. The summed E-state index contributed by atoms with van der Waals surface area (Å²) < 4.78 is 11.8. The van der Waals surface area contributed by atoms with Crippen molar-refractivity contribution in [2.24, 2.45) is 5.92 Å². The SMILES string of the molecule is Cc1ccc(/C=C/C[C@H](C)C(=O)NF)cc1.[Ar]. The largest absolute Gasteiger partial charge is 0.272 e. The minimum absolute atomic E-state index is 0. The van der Waals surface area contributed by atoms with Gasteiger partial charge in [0.2, 0.25) is 0 Å². The van der Waals surface area contributed by atoms with Crippen molar-refractivity contribution < 1.29 is 47.0 Å². The van der Waals surface area contributed by atoms with Gasteiger partial charge in [0.15, 0.2) is 0 Å². The van der Waals surface area contributed by atoms with Crippen LogP contribution in [0.4, 0.5) is 4.48 Å². The summed E-state index contributed by atoms with van der Waals surface area (Å²) in [6, 6.07) is 8.06. The van der Waals surface area contributed by atoms with E-state index in [0.29, 0.717) is 6.42 Å². The van der Waals surface area contributed by atoms with Crippen LogP contribution in [-0.2, 0) is 4.79 Å². The number of carbonyl (C=O) groups excluding carboxylic acids is 1. The molecule has 0 aliphatic carbocycles. The Morgan fingerprint density at radius 2 is 2.00 bits per heavy atom. The number of amides is 1. The molecule has 1 amide bonds. The van der Waals surface area contributed by atoms with Crippen LogP contribution in [0.25, 0.3) is 6.08 Å². The summed E-state index contributed by atoms with van der Waals surface area (Å²) in [5.74, 6) is -0.916. The molecule has 0 radical (unpaired) electrons. The average molecular weight is 261 g/mol. The Hall–Kier alpha value is -0.380. The number of halogens is 1. The van der Waals surface area contributed by atoms with E-state index in [9.17, 15) is 9.28 Å². The van der Waals surface area contributed by atoms with Crippen LogP contribution in [0.15, 0.2) is 30.3 Å². The van der Waals surface area contributed by atoms with Gasteiger partial charge in [-0.3, -0.25) is 4.79 Å². The number of nitrogens with one attached hydrogen (secondary N) is 1. The van der Waals surface area contributed by atoms with Gasteiger partial charge in [-0.1, -0.05) is 48.9 Å². The Kier molecular flexibility index (Phi) is 8.48. The van der Waals surface area contributed by atoms with Gasteiger partial charge in [-0.05, 0) is 18.9 Å². The summed E-state index contributed by atoms with van der Waals surface area (Å²) in [6.45, 7) is 3.72. The monoisotopic (exact) mass is 261 g/mol. The van der Waals surface area contributed by atoms with Crippen molar-refractivity contribution >= 4 is 12.0 Å². The number of hydrogen-bond donors (Lipinski definition) is 1. The Labute approximate surface area is 131 Å². The quantitative estimate of drug-likeness (QED) is 0.829. The maximum atomic E-state index is 11.8. The molecule has 0 unspecified atom stereocenters. The molecule has 0 aliphatic heterocycles. The van der Waals surface area contributed by atoms with Crippen LogP contribution in [0.1, 0.15) is 24.5 Å². The van der Waals surface area contributed by atoms with E-state index >= 15 is 0 Å². The van der Waals surface area contributed by atoms with Crippen LogP contribution >= 0.6 is 0 Å². The summed E-state index contributed by atoms with van der Waals surface area (Å²) >= 11 is 0. The van der Waals surface area contributed by atoms with E-state index in [1.807, 2.05) is 43.3 Å². The summed E-state index contributed by atoms with van der Waals surface area (Å²) in [4.78, 5) is 10.9. The van der Waals surface area contributed by atoms with Crippen molar-refractivity contribution in [1.29, 1.82) is 0 Å². The first-order valence-electron chi connectivity index (χ1n) is 5.27. The zero-order valence-electron chi connectivity index (χ0n) is 9.89. The normalized spacial score (nSPS) is 11.9. The molecule has 1 aromatic rings. The summed E-state index contributed by atoms with van der Waals surface area (Å²) in [6.07, 6.45) is 4.34. The van der Waals surface area contributed by atoms with Gasteiger partial charge in [0.1, 0.15) is 0 Å². The number of allylic oxidation sites excluding steroid dienone is 1. The smallest absolute Gasteiger partial charge is 0.250 e. The predicted octanol–water partition coefficient (Wildman–Crippen LogP) is 3.04. The van der Waals surface area contributed by atoms with Crippen LogP contribution in [0, 0.1) is 50.6 Å². The third kappa shape index (κ3) is 6.20. The van der Waals surface area contributed by atoms with E-state index in [2.05, 4.69) is 0 Å². The molecule has 0 fully saturated rings. The molecule has 1 atom stereocenters. The van der Waals surface area contributed by atoms with Crippen molar-refractivity contribution in [2.45, 2.75) is 20.3 Å². The zero-order valence-corrected chi connectivity index (χ0v) is 10.6. The number of hydrogen-bond acceptors (Lipinski definition) is 1. The fraction of sp³-hybridized carbons (Fsp3) is 0.308. The van der Waals surface area contributed by atoms with Crippen molar-refractivity contribution in [3.63, 3.8) is 0 Å². The molecule has 0 aromatic heterocycles. The predicted molar refractivity (Wildman–Crippen MR) is 63.2 cm³/mol. The van der Waals surface area contributed by atoms with Crippen molar-refractivity contribution in [3.8, 4) is 0 Å². The molecule has 4 heteroatoms. The van der Waals surface area contributed by atoms with Crippen LogP contribution in [-0.4, -0.2) is 5.91 Å². The van der Waals surface area contributed by atoms with E-state index in [-0.39, 0.29) is 43.7 Å². The zero-order chi connectivity index (χ0) is 12.0. The van der Waals surface area contributed by atoms with Crippen molar-refractivity contribution in [1.82, 2.24) is 5.54 Å². The van der Waals surface area contributed by atoms with Crippen LogP contribution in [0.2, 0.25) is 0 Å². The summed E-state index contributed by atoms with van der Waals surface area (Å²) in [7, 11) is 0. The second-order valence-corrected chi connectivity index (χ2v) is 3.91. The second kappa shape index (κ2) is 8.67. The van der Waals surface area contributed by atoms with Gasteiger partial charge < -0.3 is 0 Å². The van der Waals surface area contributed by atoms with Crippen LogP contribution < -0.4 is 5.54 Å². The molecule has 1 rings (SSSR count). The van der Waals surface area contributed by atoms with E-state index in [4.69, 9.17) is 0 Å². The molecule has 17 heavy (non-hydrogen) atoms. The second-order valence-electron chi connectivity index (χ2n) is 3.91. The van der Waals surface area contributed by atoms with Crippen molar-refractivity contribution in [3.05, 3.63) is 41.5 Å². The van der Waals surface area contributed by atoms with Gasteiger partial charge in [-0.2, -0.15) is 5.54 Å². The van der Waals surface area contributed by atoms with Crippen LogP contribution in [0.3, 0.4) is 0 Å². The third-order valence-corrected chi connectivity index (χ3v) is 2.42. The van der Waals surface area contributed by atoms with Gasteiger partial charge in [-0.15, -0.1) is 4.48 Å². The molecule has 0 bridgehead atoms. The van der Waals surface area contributed by atoms with Gasteiger partial charge in [0.05, 0.1) is 0 Å². The molecule has 0 aliphatic rings. The number of carbonyl (C=O) groups is 1. The average Bonchev–Trinajstić information content (AvgIpc) is 2.30. The Morgan fingerprint density at radius 1 is 1.41 bits per heavy atom. The third-order valence-electron chi connectivity index (χ3n) is 2.42. The molecule has 0 spiro atoms. The summed E-state index contributed by atoms with van der Waals surface area (Å²) in [5, 5.41) is 0. The first-order chi connectivity index (χ1) is 7.63. The Morgan fingerprint density at radius 3 is 2.53 bits per heavy atom. The van der Waals surface area contributed by atoms with Gasteiger partial charge in [0.25, 0.3) is 5.91 Å². The Balaban J connectivity index is 0.00000256. The van der Waals surface area contributed by atoms with E-state index in [0.717, 1.165) is 11.1 Å². The maximum absolute atomic E-state index is 11.8. The van der Waals surface area contributed by atoms with E-state index in [1.54, 1.807) is 6.92 Å².